The summed E-state index contributed by atoms with van der Waals surface area (Å²) in [5.74, 6) is 1.39. The van der Waals surface area contributed by atoms with Crippen molar-refractivity contribution in [2.24, 2.45) is 26.7 Å². The van der Waals surface area contributed by atoms with Crippen molar-refractivity contribution in [1.82, 2.24) is 9.80 Å². The topological polar surface area (TPSA) is 45.1 Å². The highest BCUT2D eigenvalue weighted by Crippen LogP contribution is 2.46. The number of amides is 1. The first-order valence-electron chi connectivity index (χ1n) is 11.0. The van der Waals surface area contributed by atoms with Gasteiger partial charge in [0.05, 0.1) is 31.2 Å². The molecule has 0 spiro atoms. The molecule has 5 heteroatoms. The SMILES string of the molecule is CC(C)(C)C1=NC(C(C)(C)C)C(C(C)(C)C)=C2CN(C(=O)C3(C)COC3)CCN12. The number of hydrogen-bond donors (Lipinski definition) is 0. The van der Waals surface area contributed by atoms with E-state index >= 15 is 0 Å². The second-order valence-corrected chi connectivity index (χ2v) is 12.5. The monoisotopic (exact) mass is 403 g/mol. The van der Waals surface area contributed by atoms with Crippen LogP contribution in [0.5, 0.6) is 0 Å². The molecule has 0 aromatic rings. The molecule has 5 nitrogen and oxygen atoms in total. The van der Waals surface area contributed by atoms with Gasteiger partial charge in [-0.1, -0.05) is 62.3 Å². The minimum Gasteiger partial charge on any atom is -0.379 e. The standard InChI is InChI=1S/C24H41N3O2/c1-21(2,3)17-16-13-26(20(28)24(10)14-29-15-24)11-12-27(16)19(23(7,8)9)25-18(17)22(4,5)6/h18H,11-15H2,1-10H3. The molecule has 0 saturated carbocycles. The Morgan fingerprint density at radius 3 is 2.00 bits per heavy atom. The Labute approximate surface area is 177 Å². The number of carbonyl (C=O) groups is 1. The van der Waals surface area contributed by atoms with E-state index in [0.29, 0.717) is 19.8 Å². The molecule has 1 amide bonds. The second-order valence-electron chi connectivity index (χ2n) is 12.5. The molecule has 0 aromatic carbocycles. The molecule has 0 aromatic heterocycles. The van der Waals surface area contributed by atoms with Crippen LogP contribution in [0.4, 0.5) is 0 Å². The third kappa shape index (κ3) is 3.99. The van der Waals surface area contributed by atoms with Crippen molar-refractivity contribution < 1.29 is 9.53 Å². The molecule has 2 fully saturated rings. The minimum absolute atomic E-state index is 0.0122. The molecule has 3 aliphatic heterocycles. The fraction of sp³-hybridized carbons (Fsp3) is 0.833. The number of aliphatic imine (C=N–C) groups is 1. The fourth-order valence-electron chi connectivity index (χ4n) is 4.73. The average Bonchev–Trinajstić information content (AvgIpc) is 2.54. The summed E-state index contributed by atoms with van der Waals surface area (Å²) < 4.78 is 5.37. The lowest BCUT2D eigenvalue weighted by Crippen LogP contribution is -2.60. The van der Waals surface area contributed by atoms with E-state index in [2.05, 4.69) is 72.1 Å². The number of amidine groups is 1. The maximum Gasteiger partial charge on any atom is 0.233 e. The molecular formula is C24H41N3O2. The summed E-state index contributed by atoms with van der Waals surface area (Å²) in [6.45, 7) is 25.8. The number of piperazine rings is 1. The average molecular weight is 404 g/mol. The first-order valence-corrected chi connectivity index (χ1v) is 11.0. The van der Waals surface area contributed by atoms with Gasteiger partial charge in [0.1, 0.15) is 5.84 Å². The predicted octanol–water partition coefficient (Wildman–Crippen LogP) is 4.34. The summed E-state index contributed by atoms with van der Waals surface area (Å²) >= 11 is 0. The highest BCUT2D eigenvalue weighted by atomic mass is 16.5. The van der Waals surface area contributed by atoms with E-state index < -0.39 is 0 Å². The van der Waals surface area contributed by atoms with Crippen LogP contribution < -0.4 is 0 Å². The van der Waals surface area contributed by atoms with Crippen molar-refractivity contribution in [1.29, 1.82) is 0 Å². The molecule has 1 atom stereocenters. The van der Waals surface area contributed by atoms with E-state index in [4.69, 9.17) is 9.73 Å². The van der Waals surface area contributed by atoms with Gasteiger partial charge in [0, 0.05) is 24.2 Å². The molecule has 0 N–H and O–H groups in total. The Hall–Kier alpha value is -1.36. The molecule has 1 unspecified atom stereocenters. The lowest BCUT2D eigenvalue weighted by molar-refractivity contribution is -0.169. The Morgan fingerprint density at radius 1 is 1.00 bits per heavy atom. The van der Waals surface area contributed by atoms with E-state index in [1.807, 2.05) is 6.92 Å². The molecule has 0 radical (unpaired) electrons. The maximum atomic E-state index is 13.3. The Balaban J connectivity index is 2.09. The fourth-order valence-corrected chi connectivity index (χ4v) is 4.73. The van der Waals surface area contributed by atoms with E-state index in [9.17, 15) is 4.79 Å². The largest absolute Gasteiger partial charge is 0.379 e. The summed E-state index contributed by atoms with van der Waals surface area (Å²) in [6.07, 6.45) is 0. The molecule has 3 aliphatic rings. The summed E-state index contributed by atoms with van der Waals surface area (Å²) in [6, 6.07) is 0.112. The van der Waals surface area contributed by atoms with E-state index in [-0.39, 0.29) is 33.6 Å². The van der Waals surface area contributed by atoms with Crippen LogP contribution in [0.3, 0.4) is 0 Å². The molecule has 0 aliphatic carbocycles. The predicted molar refractivity (Wildman–Crippen MR) is 119 cm³/mol. The van der Waals surface area contributed by atoms with Gasteiger partial charge in [-0.2, -0.15) is 0 Å². The number of ether oxygens (including phenoxy) is 1. The third-order valence-corrected chi connectivity index (χ3v) is 6.30. The molecule has 3 rings (SSSR count). The van der Waals surface area contributed by atoms with Crippen LogP contribution in [0.1, 0.15) is 69.2 Å². The minimum atomic E-state index is -0.357. The molecule has 29 heavy (non-hydrogen) atoms. The van der Waals surface area contributed by atoms with Gasteiger partial charge in [0.25, 0.3) is 0 Å². The van der Waals surface area contributed by atoms with Crippen molar-refractivity contribution in [2.75, 3.05) is 32.8 Å². The van der Waals surface area contributed by atoms with E-state index in [1.54, 1.807) is 0 Å². The lowest BCUT2D eigenvalue weighted by Gasteiger charge is -2.52. The van der Waals surface area contributed by atoms with Crippen LogP contribution >= 0.6 is 0 Å². The van der Waals surface area contributed by atoms with Crippen molar-refractivity contribution in [3.05, 3.63) is 11.3 Å². The first kappa shape index (κ1) is 22.3. The van der Waals surface area contributed by atoms with Gasteiger partial charge in [0.2, 0.25) is 5.91 Å². The van der Waals surface area contributed by atoms with Gasteiger partial charge in [0.15, 0.2) is 0 Å². The number of hydrogen-bond acceptors (Lipinski definition) is 4. The quantitative estimate of drug-likeness (QED) is 0.654. The number of carbonyl (C=O) groups excluding carboxylic acids is 1. The zero-order valence-corrected chi connectivity index (χ0v) is 20.3. The van der Waals surface area contributed by atoms with Crippen LogP contribution in [0.25, 0.3) is 0 Å². The van der Waals surface area contributed by atoms with Crippen LogP contribution in [0.15, 0.2) is 16.3 Å². The summed E-state index contributed by atoms with van der Waals surface area (Å²) in [7, 11) is 0. The first-order chi connectivity index (χ1) is 13.1. The molecule has 2 saturated heterocycles. The van der Waals surface area contributed by atoms with Gasteiger partial charge in [-0.05, 0) is 23.3 Å². The zero-order valence-electron chi connectivity index (χ0n) is 20.3. The van der Waals surface area contributed by atoms with Gasteiger partial charge in [-0.3, -0.25) is 9.79 Å². The highest BCUT2D eigenvalue weighted by molar-refractivity contribution is 5.91. The molecule has 0 bridgehead atoms. The highest BCUT2D eigenvalue weighted by Gasteiger charge is 2.48. The third-order valence-electron chi connectivity index (χ3n) is 6.30. The molecule has 164 valence electrons. The van der Waals surface area contributed by atoms with Crippen LogP contribution in [0, 0.1) is 21.7 Å². The van der Waals surface area contributed by atoms with Crippen molar-refractivity contribution in [3.8, 4) is 0 Å². The van der Waals surface area contributed by atoms with Gasteiger partial charge in [-0.25, -0.2) is 0 Å². The van der Waals surface area contributed by atoms with Crippen molar-refractivity contribution in [2.45, 2.75) is 75.3 Å². The van der Waals surface area contributed by atoms with Crippen LogP contribution in [-0.2, 0) is 9.53 Å². The van der Waals surface area contributed by atoms with Gasteiger partial charge < -0.3 is 14.5 Å². The lowest BCUT2D eigenvalue weighted by atomic mass is 9.70. The number of fused-ring (bicyclic) bond motifs is 1. The molecular weight excluding hydrogens is 362 g/mol. The number of rotatable bonds is 1. The summed E-state index contributed by atoms with van der Waals surface area (Å²) in [5, 5.41) is 0. The van der Waals surface area contributed by atoms with Crippen molar-refractivity contribution >= 4 is 11.7 Å². The van der Waals surface area contributed by atoms with Crippen LogP contribution in [0.2, 0.25) is 0 Å². The normalized spacial score (nSPS) is 25.4. The van der Waals surface area contributed by atoms with E-state index in [0.717, 1.165) is 18.9 Å². The summed E-state index contributed by atoms with van der Waals surface area (Å²) in [5.41, 5.74) is 2.26. The Kier molecular flexibility index (Phi) is 5.26. The maximum absolute atomic E-state index is 13.3. The smallest absolute Gasteiger partial charge is 0.233 e. The van der Waals surface area contributed by atoms with Gasteiger partial charge in [-0.15, -0.1) is 0 Å². The number of nitrogens with zero attached hydrogens (tertiary/aromatic N) is 3. The van der Waals surface area contributed by atoms with Crippen molar-refractivity contribution in [3.63, 3.8) is 0 Å². The Morgan fingerprint density at radius 2 is 1.59 bits per heavy atom. The van der Waals surface area contributed by atoms with Gasteiger partial charge >= 0.3 is 0 Å². The second kappa shape index (κ2) is 6.83. The summed E-state index contributed by atoms with van der Waals surface area (Å²) in [4.78, 5) is 23.1. The Bertz CT molecular complexity index is 740. The van der Waals surface area contributed by atoms with E-state index in [1.165, 1.54) is 11.3 Å². The van der Waals surface area contributed by atoms with Crippen LogP contribution in [-0.4, -0.2) is 60.4 Å². The zero-order chi connectivity index (χ0) is 22.0. The molecule has 3 heterocycles.